The molecule has 2 unspecified atom stereocenters. The second-order valence-corrected chi connectivity index (χ2v) is 5.35. The van der Waals surface area contributed by atoms with Crippen molar-refractivity contribution in [2.75, 3.05) is 45.9 Å². The molecule has 18 heavy (non-hydrogen) atoms. The Bertz CT molecular complexity index is 271. The number of morpholine rings is 1. The fraction of sp³-hybridized carbons (Fsp3) is 0.923. The van der Waals surface area contributed by atoms with Gasteiger partial charge in [-0.1, -0.05) is 0 Å². The van der Waals surface area contributed by atoms with Gasteiger partial charge >= 0.3 is 0 Å². The maximum absolute atomic E-state index is 11.3. The van der Waals surface area contributed by atoms with Crippen LogP contribution >= 0.6 is 0 Å². The van der Waals surface area contributed by atoms with Gasteiger partial charge in [-0.2, -0.15) is 0 Å². The average molecular weight is 255 g/mol. The molecule has 1 N–H and O–H groups in total. The van der Waals surface area contributed by atoms with Gasteiger partial charge in [0.25, 0.3) is 0 Å². The summed E-state index contributed by atoms with van der Waals surface area (Å²) in [6.45, 7) is 10.3. The molecule has 0 spiro atoms. The molecule has 0 aromatic carbocycles. The van der Waals surface area contributed by atoms with Gasteiger partial charge in [-0.25, -0.2) is 0 Å². The van der Waals surface area contributed by atoms with Gasteiger partial charge in [0.05, 0.1) is 13.2 Å². The highest BCUT2D eigenvalue weighted by Gasteiger charge is 2.24. The molecule has 2 atom stereocenters. The van der Waals surface area contributed by atoms with Crippen LogP contribution in [0, 0.1) is 0 Å². The van der Waals surface area contributed by atoms with Crippen molar-refractivity contribution in [3.05, 3.63) is 0 Å². The molecular weight excluding hydrogens is 230 g/mol. The van der Waals surface area contributed by atoms with Crippen molar-refractivity contribution >= 4 is 5.91 Å². The summed E-state index contributed by atoms with van der Waals surface area (Å²) in [6.07, 6.45) is 1.13. The molecule has 1 amide bonds. The molecule has 0 radical (unpaired) electrons. The third-order valence-electron chi connectivity index (χ3n) is 4.01. The fourth-order valence-electron chi connectivity index (χ4n) is 2.81. The summed E-state index contributed by atoms with van der Waals surface area (Å²) in [5.41, 5.74) is 0. The molecule has 0 aromatic heterocycles. The van der Waals surface area contributed by atoms with Crippen molar-refractivity contribution < 1.29 is 9.53 Å². The minimum Gasteiger partial charge on any atom is -0.379 e. The molecule has 0 aromatic rings. The van der Waals surface area contributed by atoms with Gasteiger partial charge in [0.2, 0.25) is 5.91 Å². The number of carbonyl (C=O) groups is 1. The Balaban J connectivity index is 1.73. The molecular formula is C13H25N3O2. The maximum atomic E-state index is 11.3. The normalized spacial score (nSPS) is 28.1. The van der Waals surface area contributed by atoms with Crippen molar-refractivity contribution in [3.8, 4) is 0 Å². The number of piperazine rings is 1. The topological polar surface area (TPSA) is 44.8 Å². The Morgan fingerprint density at radius 3 is 2.67 bits per heavy atom. The van der Waals surface area contributed by atoms with Gasteiger partial charge < -0.3 is 15.0 Å². The van der Waals surface area contributed by atoms with E-state index in [0.29, 0.717) is 12.1 Å². The Labute approximate surface area is 109 Å². The Kier molecular flexibility index (Phi) is 4.97. The first kappa shape index (κ1) is 13.8. The summed E-state index contributed by atoms with van der Waals surface area (Å²) < 4.78 is 5.48. The van der Waals surface area contributed by atoms with Crippen molar-refractivity contribution in [2.24, 2.45) is 0 Å². The molecule has 0 saturated carbocycles. The first-order valence-corrected chi connectivity index (χ1v) is 6.97. The van der Waals surface area contributed by atoms with E-state index in [-0.39, 0.29) is 5.91 Å². The highest BCUT2D eigenvalue weighted by molar-refractivity contribution is 5.73. The quantitative estimate of drug-likeness (QED) is 0.766. The van der Waals surface area contributed by atoms with Crippen LogP contribution in [0.5, 0.6) is 0 Å². The molecule has 0 bridgehead atoms. The molecule has 2 rings (SSSR count). The maximum Gasteiger partial charge on any atom is 0.219 e. The van der Waals surface area contributed by atoms with Crippen LogP contribution in [0.3, 0.4) is 0 Å². The Morgan fingerprint density at radius 1 is 1.39 bits per heavy atom. The summed E-state index contributed by atoms with van der Waals surface area (Å²) in [5, 5.41) is 3.50. The summed E-state index contributed by atoms with van der Waals surface area (Å²) in [5.74, 6) is 0.199. The zero-order chi connectivity index (χ0) is 13.0. The number of hydrogen-bond acceptors (Lipinski definition) is 4. The molecule has 2 aliphatic rings. The van der Waals surface area contributed by atoms with Crippen molar-refractivity contribution in [1.29, 1.82) is 0 Å². The minimum absolute atomic E-state index is 0.199. The van der Waals surface area contributed by atoms with Gasteiger partial charge in [0, 0.05) is 51.7 Å². The van der Waals surface area contributed by atoms with Gasteiger partial charge in [-0.05, 0) is 13.3 Å². The van der Waals surface area contributed by atoms with Crippen LogP contribution < -0.4 is 5.32 Å². The minimum atomic E-state index is 0.199. The highest BCUT2D eigenvalue weighted by Crippen LogP contribution is 2.12. The molecule has 5 heteroatoms. The molecule has 104 valence electrons. The molecule has 2 fully saturated rings. The number of nitrogens with one attached hydrogen (secondary N) is 1. The van der Waals surface area contributed by atoms with Gasteiger partial charge in [0.1, 0.15) is 0 Å². The zero-order valence-electron chi connectivity index (χ0n) is 11.5. The molecule has 2 aliphatic heterocycles. The van der Waals surface area contributed by atoms with Crippen LogP contribution in [0.15, 0.2) is 0 Å². The van der Waals surface area contributed by atoms with E-state index in [1.165, 1.54) is 0 Å². The third-order valence-corrected chi connectivity index (χ3v) is 4.01. The third kappa shape index (κ3) is 3.67. The first-order valence-electron chi connectivity index (χ1n) is 6.97. The van der Waals surface area contributed by atoms with E-state index in [1.807, 2.05) is 4.90 Å². The van der Waals surface area contributed by atoms with Gasteiger partial charge in [-0.3, -0.25) is 9.69 Å². The number of hydrogen-bond donors (Lipinski definition) is 1. The van der Waals surface area contributed by atoms with E-state index >= 15 is 0 Å². The molecule has 5 nitrogen and oxygen atoms in total. The van der Waals surface area contributed by atoms with Crippen molar-refractivity contribution in [1.82, 2.24) is 15.1 Å². The lowest BCUT2D eigenvalue weighted by Crippen LogP contribution is -2.53. The Morgan fingerprint density at radius 2 is 2.11 bits per heavy atom. The highest BCUT2D eigenvalue weighted by atomic mass is 16.5. The van der Waals surface area contributed by atoms with Gasteiger partial charge in [0.15, 0.2) is 0 Å². The largest absolute Gasteiger partial charge is 0.379 e. The molecule has 2 saturated heterocycles. The van der Waals surface area contributed by atoms with Gasteiger partial charge in [-0.15, -0.1) is 0 Å². The number of ether oxygens (including phenoxy) is 1. The van der Waals surface area contributed by atoms with E-state index in [2.05, 4.69) is 17.1 Å². The number of rotatable bonds is 3. The lowest BCUT2D eigenvalue weighted by atomic mass is 10.1. The standard InChI is InChI=1S/C13H25N3O2/c1-11(9-13-10-18-8-3-14-13)15-4-6-16(7-5-15)12(2)17/h11,13-14H,3-10H2,1-2H3. The monoisotopic (exact) mass is 255 g/mol. The van der Waals surface area contributed by atoms with Crippen LogP contribution in [-0.4, -0.2) is 73.7 Å². The van der Waals surface area contributed by atoms with Crippen molar-refractivity contribution in [2.45, 2.75) is 32.4 Å². The second kappa shape index (κ2) is 6.50. The van der Waals surface area contributed by atoms with Crippen molar-refractivity contribution in [3.63, 3.8) is 0 Å². The van der Waals surface area contributed by atoms with E-state index in [9.17, 15) is 4.79 Å². The average Bonchev–Trinajstić information content (AvgIpc) is 2.40. The zero-order valence-corrected chi connectivity index (χ0v) is 11.5. The van der Waals surface area contributed by atoms with Crippen LogP contribution in [0.25, 0.3) is 0 Å². The number of carbonyl (C=O) groups excluding carboxylic acids is 1. The lowest BCUT2D eigenvalue weighted by Gasteiger charge is -2.39. The lowest BCUT2D eigenvalue weighted by molar-refractivity contribution is -0.130. The predicted octanol–water partition coefficient (Wildman–Crippen LogP) is -0.0825. The van der Waals surface area contributed by atoms with Crippen LogP contribution in [0.2, 0.25) is 0 Å². The second-order valence-electron chi connectivity index (χ2n) is 5.35. The Hall–Kier alpha value is -0.650. The van der Waals surface area contributed by atoms with E-state index in [1.54, 1.807) is 6.92 Å². The fourth-order valence-corrected chi connectivity index (χ4v) is 2.81. The smallest absolute Gasteiger partial charge is 0.219 e. The number of amides is 1. The first-order chi connectivity index (χ1) is 8.66. The van der Waals surface area contributed by atoms with E-state index in [0.717, 1.165) is 52.4 Å². The van der Waals surface area contributed by atoms with E-state index in [4.69, 9.17) is 4.74 Å². The van der Waals surface area contributed by atoms with E-state index < -0.39 is 0 Å². The summed E-state index contributed by atoms with van der Waals surface area (Å²) in [4.78, 5) is 15.7. The summed E-state index contributed by atoms with van der Waals surface area (Å²) >= 11 is 0. The van der Waals surface area contributed by atoms with Crippen LogP contribution in [0.1, 0.15) is 20.3 Å². The molecule has 0 aliphatic carbocycles. The van der Waals surface area contributed by atoms with Crippen LogP contribution in [0.4, 0.5) is 0 Å². The molecule has 2 heterocycles. The predicted molar refractivity (Wildman–Crippen MR) is 70.5 cm³/mol. The summed E-state index contributed by atoms with van der Waals surface area (Å²) in [7, 11) is 0. The summed E-state index contributed by atoms with van der Waals surface area (Å²) in [6, 6.07) is 1.04. The van der Waals surface area contributed by atoms with Crippen LogP contribution in [-0.2, 0) is 9.53 Å². The SMILES string of the molecule is CC(=O)N1CCN(C(C)CC2COCCN2)CC1. The number of nitrogens with zero attached hydrogens (tertiary/aromatic N) is 2.